The largest absolute Gasteiger partial charge is 0.481 e. The molecule has 3 aliphatic rings. The lowest BCUT2D eigenvalue weighted by Crippen LogP contribution is -2.50. The Morgan fingerprint density at radius 2 is 2.21 bits per heavy atom. The standard InChI is InChI=1S/C13H19NO4S/c15-12(16)5-8-7-19-4-3-14(8)13(17)10-6-9-1-2-11(10)18-9/h8-11H,1-7H2,(H,15,16). The number of ether oxygens (including phenoxy) is 1. The van der Waals surface area contributed by atoms with E-state index in [0.29, 0.717) is 6.54 Å². The second kappa shape index (κ2) is 5.32. The van der Waals surface area contributed by atoms with Gasteiger partial charge in [0, 0.05) is 18.1 Å². The molecule has 5 nitrogen and oxygen atoms in total. The van der Waals surface area contributed by atoms with E-state index in [1.807, 2.05) is 0 Å². The first-order valence-electron chi connectivity index (χ1n) is 6.90. The Bertz CT molecular complexity index is 389. The smallest absolute Gasteiger partial charge is 0.305 e. The Morgan fingerprint density at radius 1 is 1.37 bits per heavy atom. The van der Waals surface area contributed by atoms with E-state index < -0.39 is 5.97 Å². The van der Waals surface area contributed by atoms with E-state index in [1.165, 1.54) is 0 Å². The van der Waals surface area contributed by atoms with Crippen molar-refractivity contribution >= 4 is 23.6 Å². The van der Waals surface area contributed by atoms with Gasteiger partial charge in [-0.05, 0) is 19.3 Å². The predicted molar refractivity (Wildman–Crippen MR) is 71.1 cm³/mol. The molecule has 3 fully saturated rings. The Balaban J connectivity index is 1.68. The van der Waals surface area contributed by atoms with Crippen LogP contribution in [0.1, 0.15) is 25.7 Å². The van der Waals surface area contributed by atoms with Gasteiger partial charge < -0.3 is 14.7 Å². The van der Waals surface area contributed by atoms with E-state index in [9.17, 15) is 9.59 Å². The first kappa shape index (κ1) is 13.2. The number of nitrogens with zero attached hydrogens (tertiary/aromatic N) is 1. The lowest BCUT2D eigenvalue weighted by Gasteiger charge is -2.37. The molecule has 0 aliphatic carbocycles. The van der Waals surface area contributed by atoms with E-state index in [4.69, 9.17) is 9.84 Å². The number of hydrogen-bond acceptors (Lipinski definition) is 4. The number of carbonyl (C=O) groups is 2. The van der Waals surface area contributed by atoms with Gasteiger partial charge in [-0.1, -0.05) is 0 Å². The monoisotopic (exact) mass is 285 g/mol. The van der Waals surface area contributed by atoms with Gasteiger partial charge in [0.15, 0.2) is 0 Å². The summed E-state index contributed by atoms with van der Waals surface area (Å²) in [5.41, 5.74) is 0. The fourth-order valence-corrected chi connectivity index (χ4v) is 4.49. The third-order valence-corrected chi connectivity index (χ3v) is 5.44. The number of amides is 1. The fraction of sp³-hybridized carbons (Fsp3) is 0.846. The number of carboxylic acids is 1. The van der Waals surface area contributed by atoms with Crippen molar-refractivity contribution in [1.82, 2.24) is 4.90 Å². The van der Waals surface area contributed by atoms with Gasteiger partial charge in [0.2, 0.25) is 5.91 Å². The van der Waals surface area contributed by atoms with Gasteiger partial charge in [-0.15, -0.1) is 0 Å². The fourth-order valence-electron chi connectivity index (χ4n) is 3.43. The lowest BCUT2D eigenvalue weighted by atomic mass is 9.88. The zero-order valence-electron chi connectivity index (χ0n) is 10.8. The Morgan fingerprint density at radius 3 is 2.84 bits per heavy atom. The molecule has 4 unspecified atom stereocenters. The van der Waals surface area contributed by atoms with Gasteiger partial charge in [-0.2, -0.15) is 11.8 Å². The van der Waals surface area contributed by atoms with Crippen LogP contribution in [0.3, 0.4) is 0 Å². The lowest BCUT2D eigenvalue weighted by molar-refractivity contribution is -0.143. The third kappa shape index (κ3) is 2.60. The SMILES string of the molecule is O=C(O)CC1CSCCN1C(=O)C1CC2CCC1O2. The summed E-state index contributed by atoms with van der Waals surface area (Å²) in [7, 11) is 0. The summed E-state index contributed by atoms with van der Waals surface area (Å²) in [5.74, 6) is 0.912. The maximum atomic E-state index is 12.6. The highest BCUT2D eigenvalue weighted by atomic mass is 32.2. The predicted octanol–water partition coefficient (Wildman–Crippen LogP) is 0.973. The minimum Gasteiger partial charge on any atom is -0.481 e. The summed E-state index contributed by atoms with van der Waals surface area (Å²) in [6.07, 6.45) is 3.28. The Labute approximate surface area is 116 Å². The average molecular weight is 285 g/mol. The zero-order valence-corrected chi connectivity index (χ0v) is 11.6. The highest BCUT2D eigenvalue weighted by Crippen LogP contribution is 2.40. The van der Waals surface area contributed by atoms with E-state index in [-0.39, 0.29) is 36.5 Å². The average Bonchev–Trinajstić information content (AvgIpc) is 3.00. The van der Waals surface area contributed by atoms with Crippen molar-refractivity contribution in [3.63, 3.8) is 0 Å². The van der Waals surface area contributed by atoms with Crippen LogP contribution in [-0.2, 0) is 14.3 Å². The molecule has 4 atom stereocenters. The third-order valence-electron chi connectivity index (χ3n) is 4.34. The van der Waals surface area contributed by atoms with Crippen molar-refractivity contribution in [1.29, 1.82) is 0 Å². The van der Waals surface area contributed by atoms with Crippen LogP contribution < -0.4 is 0 Å². The number of aliphatic carboxylic acids is 1. The van der Waals surface area contributed by atoms with Gasteiger partial charge in [-0.3, -0.25) is 9.59 Å². The van der Waals surface area contributed by atoms with Crippen LogP contribution in [0.2, 0.25) is 0 Å². The van der Waals surface area contributed by atoms with Crippen LogP contribution in [0.25, 0.3) is 0 Å². The summed E-state index contributed by atoms with van der Waals surface area (Å²) in [6.45, 7) is 0.676. The molecule has 3 saturated heterocycles. The van der Waals surface area contributed by atoms with Gasteiger partial charge in [-0.25, -0.2) is 0 Å². The molecular weight excluding hydrogens is 266 g/mol. The molecule has 0 spiro atoms. The summed E-state index contributed by atoms with van der Waals surface area (Å²) in [6, 6.07) is -0.150. The van der Waals surface area contributed by atoms with Crippen LogP contribution in [-0.4, -0.2) is 58.2 Å². The Hall–Kier alpha value is -0.750. The summed E-state index contributed by atoms with van der Waals surface area (Å²) in [4.78, 5) is 25.3. The molecule has 2 bridgehead atoms. The van der Waals surface area contributed by atoms with Crippen LogP contribution in [0.15, 0.2) is 0 Å². The molecule has 0 aromatic heterocycles. The van der Waals surface area contributed by atoms with Gasteiger partial charge in [0.25, 0.3) is 0 Å². The molecule has 3 aliphatic heterocycles. The number of fused-ring (bicyclic) bond motifs is 2. The van der Waals surface area contributed by atoms with Crippen LogP contribution in [0.5, 0.6) is 0 Å². The Kier molecular flexibility index (Phi) is 3.71. The molecule has 19 heavy (non-hydrogen) atoms. The molecule has 3 heterocycles. The van der Waals surface area contributed by atoms with Crippen molar-refractivity contribution < 1.29 is 19.4 Å². The number of thioether (sulfide) groups is 1. The molecular formula is C13H19NO4S. The normalized spacial score (nSPS) is 37.6. The molecule has 0 aromatic carbocycles. The summed E-state index contributed by atoms with van der Waals surface area (Å²) in [5, 5.41) is 8.96. The van der Waals surface area contributed by atoms with E-state index >= 15 is 0 Å². The van der Waals surface area contributed by atoms with Crippen molar-refractivity contribution in [2.24, 2.45) is 5.92 Å². The molecule has 3 rings (SSSR count). The number of rotatable bonds is 3. The number of hydrogen-bond donors (Lipinski definition) is 1. The van der Waals surface area contributed by atoms with Crippen molar-refractivity contribution in [2.75, 3.05) is 18.1 Å². The zero-order chi connectivity index (χ0) is 13.4. The van der Waals surface area contributed by atoms with E-state index in [2.05, 4.69) is 0 Å². The number of carbonyl (C=O) groups excluding carboxylic acids is 1. The van der Waals surface area contributed by atoms with Crippen molar-refractivity contribution in [3.8, 4) is 0 Å². The molecule has 106 valence electrons. The topological polar surface area (TPSA) is 66.8 Å². The first-order valence-corrected chi connectivity index (χ1v) is 8.06. The second-order valence-electron chi connectivity index (χ2n) is 5.57. The van der Waals surface area contributed by atoms with Crippen LogP contribution >= 0.6 is 11.8 Å². The molecule has 1 N–H and O–H groups in total. The maximum absolute atomic E-state index is 12.6. The number of carboxylic acid groups (broad SMARTS) is 1. The molecule has 1 amide bonds. The molecule has 0 saturated carbocycles. The second-order valence-corrected chi connectivity index (χ2v) is 6.72. The molecule has 0 aromatic rings. The summed E-state index contributed by atoms with van der Waals surface area (Å²) < 4.78 is 5.74. The molecule has 6 heteroatoms. The quantitative estimate of drug-likeness (QED) is 0.837. The van der Waals surface area contributed by atoms with Crippen LogP contribution in [0.4, 0.5) is 0 Å². The van der Waals surface area contributed by atoms with Gasteiger partial charge in [0.05, 0.1) is 30.6 Å². The van der Waals surface area contributed by atoms with E-state index in [1.54, 1.807) is 16.7 Å². The molecule has 0 radical (unpaired) electrons. The highest BCUT2D eigenvalue weighted by Gasteiger charge is 2.46. The minimum absolute atomic E-state index is 0.0295. The van der Waals surface area contributed by atoms with Crippen molar-refractivity contribution in [3.05, 3.63) is 0 Å². The van der Waals surface area contributed by atoms with E-state index in [0.717, 1.165) is 30.8 Å². The van der Waals surface area contributed by atoms with Gasteiger partial charge >= 0.3 is 5.97 Å². The maximum Gasteiger partial charge on any atom is 0.305 e. The highest BCUT2D eigenvalue weighted by molar-refractivity contribution is 7.99. The van der Waals surface area contributed by atoms with Crippen LogP contribution in [0, 0.1) is 5.92 Å². The minimum atomic E-state index is -0.825. The first-order chi connectivity index (χ1) is 9.15. The summed E-state index contributed by atoms with van der Waals surface area (Å²) >= 11 is 1.74. The van der Waals surface area contributed by atoms with Gasteiger partial charge in [0.1, 0.15) is 0 Å². The van der Waals surface area contributed by atoms with Crippen molar-refractivity contribution in [2.45, 2.75) is 43.9 Å².